The third-order valence-electron chi connectivity index (χ3n) is 3.03. The van der Waals surface area contributed by atoms with Crippen molar-refractivity contribution >= 4 is 10.0 Å². The molecule has 1 aromatic rings. The maximum atomic E-state index is 13.2. The summed E-state index contributed by atoms with van der Waals surface area (Å²) < 4.78 is 77.1. The van der Waals surface area contributed by atoms with Gasteiger partial charge in [0.1, 0.15) is 5.82 Å². The van der Waals surface area contributed by atoms with Crippen LogP contribution < -0.4 is 4.72 Å². The van der Waals surface area contributed by atoms with E-state index < -0.39 is 38.9 Å². The molecule has 0 aromatic heterocycles. The van der Waals surface area contributed by atoms with Gasteiger partial charge in [-0.05, 0) is 31.0 Å². The summed E-state index contributed by atoms with van der Waals surface area (Å²) in [5.74, 6) is -1.44. The summed E-state index contributed by atoms with van der Waals surface area (Å²) in [6.45, 7) is 2.81. The number of sulfonamides is 1. The van der Waals surface area contributed by atoms with E-state index in [0.29, 0.717) is 12.1 Å². The van der Waals surface area contributed by atoms with Crippen molar-refractivity contribution in [2.45, 2.75) is 37.7 Å². The van der Waals surface area contributed by atoms with Crippen molar-refractivity contribution in [1.29, 1.82) is 5.26 Å². The lowest BCUT2D eigenvalue weighted by Crippen LogP contribution is -2.35. The van der Waals surface area contributed by atoms with Gasteiger partial charge in [0.15, 0.2) is 5.25 Å². The van der Waals surface area contributed by atoms with Gasteiger partial charge in [0.05, 0.1) is 11.6 Å². The predicted octanol–water partition coefficient (Wildman–Crippen LogP) is 3.13. The number of alkyl halides is 3. The quantitative estimate of drug-likeness (QED) is 0.839. The van der Waals surface area contributed by atoms with Crippen molar-refractivity contribution < 1.29 is 26.0 Å². The molecule has 0 unspecified atom stereocenters. The summed E-state index contributed by atoms with van der Waals surface area (Å²) in [7, 11) is -4.01. The monoisotopic (exact) mass is 338 g/mol. The van der Waals surface area contributed by atoms with Crippen molar-refractivity contribution in [3.63, 3.8) is 0 Å². The fourth-order valence-corrected chi connectivity index (χ4v) is 3.18. The third-order valence-corrected chi connectivity index (χ3v) is 4.90. The standard InChI is InChI=1S/C13H14F4N2O2S/c1-3-10(7-18)22(20,21)19-8(2)9-4-5-12(14)11(6-9)13(15,16)17/h4-6,8,10,19H,3H2,1-2H3/t8-,10-/m1/s1. The molecule has 0 saturated heterocycles. The van der Waals surface area contributed by atoms with E-state index in [9.17, 15) is 26.0 Å². The first kappa shape index (κ1) is 18.4. The topological polar surface area (TPSA) is 70.0 Å². The van der Waals surface area contributed by atoms with E-state index in [1.165, 1.54) is 13.8 Å². The molecule has 0 radical (unpaired) electrons. The van der Waals surface area contributed by atoms with Gasteiger partial charge in [-0.15, -0.1) is 0 Å². The Morgan fingerprint density at radius 3 is 2.41 bits per heavy atom. The normalized spacial score (nSPS) is 15.1. The Labute approximate surface area is 125 Å². The lowest BCUT2D eigenvalue weighted by atomic mass is 10.1. The van der Waals surface area contributed by atoms with Crippen molar-refractivity contribution in [3.05, 3.63) is 35.1 Å². The first-order valence-electron chi connectivity index (χ1n) is 6.30. The Bertz CT molecular complexity index is 680. The smallest absolute Gasteiger partial charge is 0.211 e. The average molecular weight is 338 g/mol. The van der Waals surface area contributed by atoms with E-state index in [1.807, 2.05) is 0 Å². The molecule has 2 atom stereocenters. The van der Waals surface area contributed by atoms with Gasteiger partial charge in [-0.1, -0.05) is 13.0 Å². The Morgan fingerprint density at radius 2 is 1.95 bits per heavy atom. The molecule has 122 valence electrons. The molecular formula is C13H14F4N2O2S. The van der Waals surface area contributed by atoms with Crippen LogP contribution >= 0.6 is 0 Å². The van der Waals surface area contributed by atoms with Crippen LogP contribution in [-0.2, 0) is 16.2 Å². The third kappa shape index (κ3) is 4.18. The number of nitriles is 1. The predicted molar refractivity (Wildman–Crippen MR) is 71.6 cm³/mol. The first-order valence-corrected chi connectivity index (χ1v) is 7.85. The molecule has 0 bridgehead atoms. The van der Waals surface area contributed by atoms with Crippen molar-refractivity contribution in [2.24, 2.45) is 0 Å². The summed E-state index contributed by atoms with van der Waals surface area (Å²) in [4.78, 5) is 0. The Balaban J connectivity index is 3.10. The van der Waals surface area contributed by atoms with E-state index >= 15 is 0 Å². The minimum absolute atomic E-state index is 0.0375. The van der Waals surface area contributed by atoms with Crippen LogP contribution in [0, 0.1) is 17.1 Å². The minimum atomic E-state index is -4.88. The molecule has 9 heteroatoms. The molecular weight excluding hydrogens is 324 g/mol. The van der Waals surface area contributed by atoms with Gasteiger partial charge in [-0.3, -0.25) is 0 Å². The average Bonchev–Trinajstić information content (AvgIpc) is 2.38. The molecule has 0 fully saturated rings. The lowest BCUT2D eigenvalue weighted by molar-refractivity contribution is -0.140. The molecule has 1 N–H and O–H groups in total. The molecule has 0 amide bonds. The van der Waals surface area contributed by atoms with Gasteiger partial charge < -0.3 is 0 Å². The first-order chi connectivity index (χ1) is 10.0. The van der Waals surface area contributed by atoms with Crippen molar-refractivity contribution in [2.75, 3.05) is 0 Å². The fraction of sp³-hybridized carbons (Fsp3) is 0.462. The number of nitrogens with zero attached hydrogens (tertiary/aromatic N) is 1. The summed E-state index contributed by atoms with van der Waals surface area (Å²) >= 11 is 0. The highest BCUT2D eigenvalue weighted by Crippen LogP contribution is 2.33. The Kier molecular flexibility index (Phi) is 5.54. The van der Waals surface area contributed by atoms with Crippen LogP contribution in [0.4, 0.5) is 17.6 Å². The zero-order valence-corrected chi connectivity index (χ0v) is 12.6. The molecule has 1 rings (SSSR count). The lowest BCUT2D eigenvalue weighted by Gasteiger charge is -2.18. The highest BCUT2D eigenvalue weighted by Gasteiger charge is 2.35. The van der Waals surface area contributed by atoms with E-state index in [0.717, 1.165) is 6.07 Å². The Hall–Kier alpha value is -1.66. The molecule has 4 nitrogen and oxygen atoms in total. The van der Waals surface area contributed by atoms with Gasteiger partial charge in [0.2, 0.25) is 10.0 Å². The van der Waals surface area contributed by atoms with Crippen LogP contribution in [0.3, 0.4) is 0 Å². The Morgan fingerprint density at radius 1 is 1.36 bits per heavy atom. The second kappa shape index (κ2) is 6.62. The van der Waals surface area contributed by atoms with Crippen LogP contribution in [0.25, 0.3) is 0 Å². The van der Waals surface area contributed by atoms with Gasteiger partial charge in [0, 0.05) is 6.04 Å². The zero-order valence-electron chi connectivity index (χ0n) is 11.8. The van der Waals surface area contributed by atoms with E-state index in [4.69, 9.17) is 5.26 Å². The molecule has 0 aliphatic rings. The number of benzene rings is 1. The van der Waals surface area contributed by atoms with Crippen LogP contribution in [0.15, 0.2) is 18.2 Å². The number of hydrogen-bond acceptors (Lipinski definition) is 3. The van der Waals surface area contributed by atoms with Gasteiger partial charge in [-0.2, -0.15) is 18.4 Å². The number of nitrogens with one attached hydrogen (secondary N) is 1. The van der Waals surface area contributed by atoms with Gasteiger partial charge >= 0.3 is 6.18 Å². The van der Waals surface area contributed by atoms with Gasteiger partial charge in [-0.25, -0.2) is 17.5 Å². The van der Waals surface area contributed by atoms with E-state index in [2.05, 4.69) is 4.72 Å². The zero-order chi connectivity index (χ0) is 17.1. The van der Waals surface area contributed by atoms with Crippen LogP contribution in [-0.4, -0.2) is 13.7 Å². The largest absolute Gasteiger partial charge is 0.419 e. The molecule has 0 spiro atoms. The second-order valence-corrected chi connectivity index (χ2v) is 6.54. The molecule has 0 aliphatic heterocycles. The van der Waals surface area contributed by atoms with E-state index in [1.54, 1.807) is 6.07 Å². The maximum Gasteiger partial charge on any atom is 0.419 e. The minimum Gasteiger partial charge on any atom is -0.211 e. The summed E-state index contributed by atoms with van der Waals surface area (Å²) in [5.41, 5.74) is -1.52. The van der Waals surface area contributed by atoms with Crippen molar-refractivity contribution in [3.8, 4) is 6.07 Å². The SMILES string of the molecule is CC[C@H](C#N)S(=O)(=O)N[C@H](C)c1ccc(F)c(C(F)(F)F)c1. The molecule has 0 aliphatic carbocycles. The molecule has 0 saturated carbocycles. The molecule has 22 heavy (non-hydrogen) atoms. The van der Waals surface area contributed by atoms with Gasteiger partial charge in [0.25, 0.3) is 0 Å². The second-order valence-electron chi connectivity index (χ2n) is 4.65. The van der Waals surface area contributed by atoms with Crippen molar-refractivity contribution in [1.82, 2.24) is 4.72 Å². The van der Waals surface area contributed by atoms with Crippen LogP contribution in [0.2, 0.25) is 0 Å². The fourth-order valence-electron chi connectivity index (χ4n) is 1.81. The molecule has 0 heterocycles. The highest BCUT2D eigenvalue weighted by molar-refractivity contribution is 7.90. The maximum absolute atomic E-state index is 13.2. The number of hydrogen-bond donors (Lipinski definition) is 1. The highest BCUT2D eigenvalue weighted by atomic mass is 32.2. The summed E-state index contributed by atoms with van der Waals surface area (Å²) in [5, 5.41) is 7.46. The summed E-state index contributed by atoms with van der Waals surface area (Å²) in [6.07, 6.45) is -4.84. The number of rotatable bonds is 5. The van der Waals surface area contributed by atoms with Crippen LogP contribution in [0.1, 0.15) is 37.4 Å². The van der Waals surface area contributed by atoms with Crippen LogP contribution in [0.5, 0.6) is 0 Å². The molecule has 1 aromatic carbocycles. The summed E-state index contributed by atoms with van der Waals surface area (Å²) in [6, 6.07) is 2.81. The number of halogens is 4. The van der Waals surface area contributed by atoms with E-state index in [-0.39, 0.29) is 12.0 Å².